The molecule has 0 bridgehead atoms. The zero-order chi connectivity index (χ0) is 20.0. The fourth-order valence-electron chi connectivity index (χ4n) is 1.88. The average Bonchev–Trinajstić information content (AvgIpc) is 2.67. The van der Waals surface area contributed by atoms with Gasteiger partial charge in [-0.15, -0.1) is 11.8 Å². The van der Waals surface area contributed by atoms with E-state index in [0.29, 0.717) is 5.75 Å². The van der Waals surface area contributed by atoms with Crippen molar-refractivity contribution in [1.29, 1.82) is 0 Å². The second-order valence-electron chi connectivity index (χ2n) is 5.07. The average molecular weight is 405 g/mol. The van der Waals surface area contributed by atoms with E-state index in [2.05, 4.69) is 4.74 Å². The molecule has 0 saturated carbocycles. The lowest BCUT2D eigenvalue weighted by molar-refractivity contribution is -0.146. The maximum absolute atomic E-state index is 13.4. The normalized spacial score (nSPS) is 10.6. The molecule has 0 aromatic heterocycles. The number of carbonyl (C=O) groups is 2. The molecule has 2 rings (SSSR count). The van der Waals surface area contributed by atoms with E-state index < -0.39 is 53.3 Å². The highest BCUT2D eigenvalue weighted by molar-refractivity contribution is 7.99. The van der Waals surface area contributed by atoms with Crippen LogP contribution in [0.5, 0.6) is 0 Å². The van der Waals surface area contributed by atoms with E-state index in [1.54, 1.807) is 0 Å². The molecule has 0 heterocycles. The zero-order valence-electron chi connectivity index (χ0n) is 13.5. The standard InChI is InChI=1S/C17H12F5NO3S/c18-12-13(19)15(21)17(16(22)14(12)20)23-10(24)8-26-11(25)6-7-27-9-4-2-1-3-5-9/h1-5H,6-8H2,(H,23,24). The number of nitrogens with one attached hydrogen (secondary N) is 1. The molecule has 1 amide bonds. The van der Waals surface area contributed by atoms with E-state index >= 15 is 0 Å². The Bertz CT molecular complexity index is 819. The van der Waals surface area contributed by atoms with E-state index in [4.69, 9.17) is 0 Å². The number of esters is 1. The third kappa shape index (κ3) is 5.43. The quantitative estimate of drug-likeness (QED) is 0.248. The van der Waals surface area contributed by atoms with Gasteiger partial charge in [0.25, 0.3) is 5.91 Å². The molecule has 0 radical (unpaired) electrons. The molecule has 0 atom stereocenters. The Hall–Kier alpha value is -2.62. The summed E-state index contributed by atoms with van der Waals surface area (Å²) in [7, 11) is 0. The van der Waals surface area contributed by atoms with Crippen molar-refractivity contribution < 1.29 is 36.3 Å². The molecule has 144 valence electrons. The Balaban J connectivity index is 1.83. The van der Waals surface area contributed by atoms with Crippen molar-refractivity contribution in [2.75, 3.05) is 17.7 Å². The number of anilines is 1. The van der Waals surface area contributed by atoms with Crippen molar-refractivity contribution in [3.05, 3.63) is 59.4 Å². The number of benzene rings is 2. The van der Waals surface area contributed by atoms with E-state index in [1.807, 2.05) is 30.3 Å². The van der Waals surface area contributed by atoms with Gasteiger partial charge in [0, 0.05) is 10.6 Å². The van der Waals surface area contributed by atoms with E-state index in [9.17, 15) is 31.5 Å². The molecule has 0 aliphatic rings. The molecule has 0 aliphatic heterocycles. The van der Waals surface area contributed by atoms with Gasteiger partial charge in [-0.25, -0.2) is 22.0 Å². The summed E-state index contributed by atoms with van der Waals surface area (Å²) >= 11 is 1.37. The van der Waals surface area contributed by atoms with Crippen molar-refractivity contribution in [1.82, 2.24) is 0 Å². The number of ether oxygens (including phenoxy) is 1. The lowest BCUT2D eigenvalue weighted by Crippen LogP contribution is -2.23. The Kier molecular flexibility index (Phi) is 7.17. The summed E-state index contributed by atoms with van der Waals surface area (Å²) in [5.74, 6) is -12.8. The minimum absolute atomic E-state index is 0.0463. The molecular weight excluding hydrogens is 393 g/mol. The van der Waals surface area contributed by atoms with Crippen molar-refractivity contribution in [3.63, 3.8) is 0 Å². The topological polar surface area (TPSA) is 55.4 Å². The first-order valence-corrected chi connectivity index (χ1v) is 8.44. The molecule has 0 aliphatic carbocycles. The maximum atomic E-state index is 13.4. The van der Waals surface area contributed by atoms with Gasteiger partial charge in [0.1, 0.15) is 5.69 Å². The van der Waals surface area contributed by atoms with Crippen LogP contribution in [0.25, 0.3) is 0 Å². The van der Waals surface area contributed by atoms with Gasteiger partial charge in [0.05, 0.1) is 6.42 Å². The SMILES string of the molecule is O=C(COC(=O)CCSc1ccccc1)Nc1c(F)c(F)c(F)c(F)c1F. The lowest BCUT2D eigenvalue weighted by atomic mass is 10.2. The zero-order valence-corrected chi connectivity index (χ0v) is 14.3. The highest BCUT2D eigenvalue weighted by Gasteiger charge is 2.27. The van der Waals surface area contributed by atoms with Crippen LogP contribution in [0.3, 0.4) is 0 Å². The fraction of sp³-hybridized carbons (Fsp3) is 0.176. The predicted molar refractivity (Wildman–Crippen MR) is 87.6 cm³/mol. The molecule has 0 unspecified atom stereocenters. The van der Waals surface area contributed by atoms with Gasteiger partial charge in [-0.3, -0.25) is 9.59 Å². The third-order valence-electron chi connectivity index (χ3n) is 3.16. The molecule has 0 saturated heterocycles. The molecule has 1 N–H and O–H groups in total. The highest BCUT2D eigenvalue weighted by Crippen LogP contribution is 2.27. The Morgan fingerprint density at radius 3 is 2.04 bits per heavy atom. The van der Waals surface area contributed by atoms with Crippen LogP contribution in [0.1, 0.15) is 6.42 Å². The van der Waals surface area contributed by atoms with Crippen LogP contribution < -0.4 is 5.32 Å². The van der Waals surface area contributed by atoms with Gasteiger partial charge in [-0.05, 0) is 12.1 Å². The van der Waals surface area contributed by atoms with Gasteiger partial charge in [0.2, 0.25) is 5.82 Å². The largest absolute Gasteiger partial charge is 0.456 e. The fourth-order valence-corrected chi connectivity index (χ4v) is 2.73. The maximum Gasteiger partial charge on any atom is 0.307 e. The summed E-state index contributed by atoms with van der Waals surface area (Å²) < 4.78 is 70.5. The highest BCUT2D eigenvalue weighted by atomic mass is 32.2. The smallest absolute Gasteiger partial charge is 0.307 e. The Morgan fingerprint density at radius 2 is 1.44 bits per heavy atom. The number of amides is 1. The van der Waals surface area contributed by atoms with Crippen LogP contribution in [-0.4, -0.2) is 24.2 Å². The molecular formula is C17H12F5NO3S. The number of hydrogen-bond donors (Lipinski definition) is 1. The molecule has 4 nitrogen and oxygen atoms in total. The summed E-state index contributed by atoms with van der Waals surface area (Å²) in [4.78, 5) is 24.0. The van der Waals surface area contributed by atoms with Gasteiger partial charge >= 0.3 is 5.97 Å². The third-order valence-corrected chi connectivity index (χ3v) is 4.17. The number of hydrogen-bond acceptors (Lipinski definition) is 4. The lowest BCUT2D eigenvalue weighted by Gasteiger charge is -2.10. The van der Waals surface area contributed by atoms with Gasteiger partial charge in [-0.1, -0.05) is 18.2 Å². The number of thioether (sulfide) groups is 1. The monoisotopic (exact) mass is 405 g/mol. The van der Waals surface area contributed by atoms with E-state index in [0.717, 1.165) is 4.90 Å². The molecule has 2 aromatic carbocycles. The Morgan fingerprint density at radius 1 is 0.889 bits per heavy atom. The van der Waals surface area contributed by atoms with Crippen LogP contribution in [0.4, 0.5) is 27.6 Å². The molecule has 0 fully saturated rings. The summed E-state index contributed by atoms with van der Waals surface area (Å²) in [5.41, 5.74) is -1.51. The number of halogens is 5. The van der Waals surface area contributed by atoms with Crippen LogP contribution in [0.2, 0.25) is 0 Å². The van der Waals surface area contributed by atoms with E-state index in [-0.39, 0.29) is 6.42 Å². The van der Waals surface area contributed by atoms with Crippen molar-refractivity contribution >= 4 is 29.3 Å². The predicted octanol–water partition coefficient (Wildman–Crippen LogP) is 4.05. The molecule has 10 heteroatoms. The summed E-state index contributed by atoms with van der Waals surface area (Å²) in [6.45, 7) is -0.936. The summed E-state index contributed by atoms with van der Waals surface area (Å²) in [6, 6.07) is 9.16. The van der Waals surface area contributed by atoms with E-state index in [1.165, 1.54) is 17.1 Å². The molecule has 0 spiro atoms. The van der Waals surface area contributed by atoms with Crippen LogP contribution in [0, 0.1) is 29.1 Å². The van der Waals surface area contributed by atoms with Gasteiger partial charge in [0.15, 0.2) is 29.9 Å². The van der Waals surface area contributed by atoms with Crippen LogP contribution in [-0.2, 0) is 14.3 Å². The van der Waals surface area contributed by atoms with Crippen molar-refractivity contribution in [2.45, 2.75) is 11.3 Å². The minimum Gasteiger partial charge on any atom is -0.456 e. The van der Waals surface area contributed by atoms with Gasteiger partial charge in [-0.2, -0.15) is 0 Å². The molecule has 27 heavy (non-hydrogen) atoms. The van der Waals surface area contributed by atoms with Crippen LogP contribution >= 0.6 is 11.8 Å². The molecule has 2 aromatic rings. The number of rotatable bonds is 7. The summed E-state index contributed by atoms with van der Waals surface area (Å²) in [6.07, 6.45) is -0.0463. The van der Waals surface area contributed by atoms with Crippen molar-refractivity contribution in [2.24, 2.45) is 0 Å². The second-order valence-corrected chi connectivity index (χ2v) is 6.23. The second kappa shape index (κ2) is 9.36. The number of carbonyl (C=O) groups excluding carboxylic acids is 2. The van der Waals surface area contributed by atoms with Gasteiger partial charge < -0.3 is 10.1 Å². The first-order valence-electron chi connectivity index (χ1n) is 7.46. The van der Waals surface area contributed by atoms with Crippen LogP contribution in [0.15, 0.2) is 35.2 Å². The minimum atomic E-state index is -2.34. The Labute approximate surface area is 154 Å². The summed E-state index contributed by atoms with van der Waals surface area (Å²) in [5, 5.41) is 1.51. The first kappa shape index (κ1) is 20.7. The van der Waals surface area contributed by atoms with Crippen molar-refractivity contribution in [3.8, 4) is 0 Å². The first-order chi connectivity index (χ1) is 12.8.